The van der Waals surface area contributed by atoms with Crippen LogP contribution in [0.5, 0.6) is 17.2 Å². The molecule has 2 aromatic heterocycles. The van der Waals surface area contributed by atoms with E-state index in [-0.39, 0.29) is 17.3 Å². The fourth-order valence-corrected chi connectivity index (χ4v) is 2.51. The number of fused-ring (bicyclic) bond motifs is 1. The molecule has 2 heterocycles. The first-order valence-corrected chi connectivity index (χ1v) is 7.82. The summed E-state index contributed by atoms with van der Waals surface area (Å²) in [6.45, 7) is 0. The van der Waals surface area contributed by atoms with Crippen molar-refractivity contribution >= 4 is 17.1 Å². The van der Waals surface area contributed by atoms with Crippen LogP contribution in [0, 0.1) is 0 Å². The number of H-pyrrole nitrogens is 1. The van der Waals surface area contributed by atoms with Gasteiger partial charge < -0.3 is 14.6 Å². The Kier molecular flexibility index (Phi) is 4.01. The van der Waals surface area contributed by atoms with E-state index in [4.69, 9.17) is 9.84 Å². The van der Waals surface area contributed by atoms with Crippen molar-refractivity contribution < 1.29 is 19.4 Å². The van der Waals surface area contributed by atoms with Crippen LogP contribution in [0.2, 0.25) is 0 Å². The summed E-state index contributed by atoms with van der Waals surface area (Å²) in [6.07, 6.45) is 1.02. The lowest BCUT2D eigenvalue weighted by molar-refractivity contribution is 0.144. The molecule has 0 radical (unpaired) electrons. The van der Waals surface area contributed by atoms with E-state index in [1.54, 1.807) is 30.3 Å². The zero-order valence-electron chi connectivity index (χ0n) is 13.7. The summed E-state index contributed by atoms with van der Waals surface area (Å²) in [5.41, 5.74) is -0.0407. The predicted octanol–water partition coefficient (Wildman–Crippen LogP) is 2.96. The van der Waals surface area contributed by atoms with Crippen molar-refractivity contribution in [3.05, 3.63) is 71.3 Å². The molecule has 4 aromatic rings. The molecular weight excluding hydrogens is 352 g/mol. The first-order valence-electron chi connectivity index (χ1n) is 7.82. The van der Waals surface area contributed by atoms with Crippen LogP contribution in [0.3, 0.4) is 0 Å². The minimum Gasteiger partial charge on any atom is -0.455 e. The summed E-state index contributed by atoms with van der Waals surface area (Å²) in [6, 6.07) is 14.1. The van der Waals surface area contributed by atoms with Gasteiger partial charge in [-0.3, -0.25) is 9.78 Å². The number of aromatic nitrogens is 4. The Bertz CT molecular complexity index is 1180. The standard InChI is InChI=1S/C18H12N4O5/c23-16-13-7-4-8-14(26-11-5-2-1-3-6-11)15(13)20-17(21-16)22-10-12(9-19-22)27-18(24)25/h1-10H,(H,24,25)(H,20,21,23). The first kappa shape index (κ1) is 16.3. The average Bonchev–Trinajstić information content (AvgIpc) is 3.11. The van der Waals surface area contributed by atoms with Crippen molar-refractivity contribution in [2.24, 2.45) is 0 Å². The second-order valence-electron chi connectivity index (χ2n) is 5.45. The Labute approximate surface area is 151 Å². The van der Waals surface area contributed by atoms with Gasteiger partial charge in [-0.15, -0.1) is 0 Å². The highest BCUT2D eigenvalue weighted by Gasteiger charge is 2.13. The van der Waals surface area contributed by atoms with Gasteiger partial charge in [0.05, 0.1) is 17.8 Å². The Morgan fingerprint density at radius 1 is 1.07 bits per heavy atom. The number of hydrogen-bond donors (Lipinski definition) is 2. The fourth-order valence-electron chi connectivity index (χ4n) is 2.51. The van der Waals surface area contributed by atoms with Crippen molar-refractivity contribution in [1.82, 2.24) is 19.7 Å². The predicted molar refractivity (Wildman–Crippen MR) is 94.7 cm³/mol. The number of ether oxygens (including phenoxy) is 2. The molecule has 0 saturated heterocycles. The lowest BCUT2D eigenvalue weighted by Gasteiger charge is -2.09. The maximum absolute atomic E-state index is 12.4. The molecule has 9 heteroatoms. The summed E-state index contributed by atoms with van der Waals surface area (Å²) in [5.74, 6) is 1.10. The Hall–Kier alpha value is -4.14. The molecule has 0 atom stereocenters. The number of nitrogens with one attached hydrogen (secondary N) is 1. The highest BCUT2D eigenvalue weighted by atomic mass is 16.7. The fraction of sp³-hybridized carbons (Fsp3) is 0. The number of carboxylic acid groups (broad SMARTS) is 1. The van der Waals surface area contributed by atoms with E-state index in [0.717, 1.165) is 0 Å². The van der Waals surface area contributed by atoms with Crippen molar-refractivity contribution in [2.75, 3.05) is 0 Å². The minimum atomic E-state index is -1.46. The third-order valence-corrected chi connectivity index (χ3v) is 3.64. The maximum Gasteiger partial charge on any atom is 0.511 e. The number of nitrogens with zero attached hydrogens (tertiary/aromatic N) is 3. The van der Waals surface area contributed by atoms with Gasteiger partial charge in [-0.2, -0.15) is 5.10 Å². The molecule has 0 unspecified atom stereocenters. The molecule has 2 aromatic carbocycles. The van der Waals surface area contributed by atoms with Gasteiger partial charge in [-0.25, -0.2) is 14.5 Å². The summed E-state index contributed by atoms with van der Waals surface area (Å²) in [5, 5.41) is 13.0. The van der Waals surface area contributed by atoms with Gasteiger partial charge in [-0.05, 0) is 24.3 Å². The van der Waals surface area contributed by atoms with Crippen LogP contribution >= 0.6 is 0 Å². The number of benzene rings is 2. The molecular formula is C18H12N4O5. The molecule has 0 spiro atoms. The van der Waals surface area contributed by atoms with E-state index in [1.165, 1.54) is 17.1 Å². The van der Waals surface area contributed by atoms with Crippen molar-refractivity contribution in [3.8, 4) is 23.2 Å². The normalized spacial score (nSPS) is 10.7. The van der Waals surface area contributed by atoms with Crippen LogP contribution in [0.15, 0.2) is 65.7 Å². The van der Waals surface area contributed by atoms with Crippen LogP contribution in [-0.4, -0.2) is 31.0 Å². The van der Waals surface area contributed by atoms with E-state index in [0.29, 0.717) is 22.4 Å². The van der Waals surface area contributed by atoms with Crippen LogP contribution < -0.4 is 15.0 Å². The van der Waals surface area contributed by atoms with Gasteiger partial charge in [-0.1, -0.05) is 24.3 Å². The van der Waals surface area contributed by atoms with E-state index in [1.807, 2.05) is 18.2 Å². The molecule has 0 saturated carbocycles. The van der Waals surface area contributed by atoms with Crippen molar-refractivity contribution in [2.45, 2.75) is 0 Å². The molecule has 9 nitrogen and oxygen atoms in total. The number of hydrogen-bond acceptors (Lipinski definition) is 6. The van der Waals surface area contributed by atoms with Crippen molar-refractivity contribution in [3.63, 3.8) is 0 Å². The zero-order chi connectivity index (χ0) is 18.8. The van der Waals surface area contributed by atoms with Gasteiger partial charge >= 0.3 is 6.16 Å². The molecule has 0 amide bonds. The third kappa shape index (κ3) is 3.33. The monoisotopic (exact) mass is 364 g/mol. The highest BCUT2D eigenvalue weighted by molar-refractivity contribution is 5.84. The minimum absolute atomic E-state index is 0.000864. The molecule has 134 valence electrons. The summed E-state index contributed by atoms with van der Waals surface area (Å²) >= 11 is 0. The Morgan fingerprint density at radius 3 is 2.67 bits per heavy atom. The first-order chi connectivity index (χ1) is 13.1. The van der Waals surface area contributed by atoms with Crippen LogP contribution in [0.1, 0.15) is 0 Å². The average molecular weight is 364 g/mol. The summed E-state index contributed by atoms with van der Waals surface area (Å²) < 4.78 is 11.6. The number of rotatable bonds is 4. The Balaban J connectivity index is 1.79. The van der Waals surface area contributed by atoms with Gasteiger partial charge in [0.1, 0.15) is 11.3 Å². The second kappa shape index (κ2) is 6.64. The molecule has 4 rings (SSSR count). The number of para-hydroxylation sites is 2. The molecule has 0 aliphatic carbocycles. The van der Waals surface area contributed by atoms with Crippen LogP contribution in [0.4, 0.5) is 4.79 Å². The number of aromatic amines is 1. The SMILES string of the molecule is O=C(O)Oc1cnn(-c2nc3c(Oc4ccccc4)cccc3c(=O)[nH]2)c1. The van der Waals surface area contributed by atoms with Crippen LogP contribution in [-0.2, 0) is 0 Å². The quantitative estimate of drug-likeness (QED) is 0.534. The summed E-state index contributed by atoms with van der Waals surface area (Å²) in [4.78, 5) is 30.1. The van der Waals surface area contributed by atoms with Crippen LogP contribution in [0.25, 0.3) is 16.9 Å². The van der Waals surface area contributed by atoms with Gasteiger partial charge in [0.2, 0.25) is 5.95 Å². The van der Waals surface area contributed by atoms with Crippen molar-refractivity contribution in [1.29, 1.82) is 0 Å². The smallest absolute Gasteiger partial charge is 0.455 e. The Morgan fingerprint density at radius 2 is 1.89 bits per heavy atom. The lowest BCUT2D eigenvalue weighted by atomic mass is 10.2. The molecule has 0 bridgehead atoms. The molecule has 0 fully saturated rings. The van der Waals surface area contributed by atoms with Gasteiger partial charge in [0.25, 0.3) is 5.56 Å². The lowest BCUT2D eigenvalue weighted by Crippen LogP contribution is -2.14. The van der Waals surface area contributed by atoms with Gasteiger partial charge in [0, 0.05) is 0 Å². The largest absolute Gasteiger partial charge is 0.511 e. The van der Waals surface area contributed by atoms with E-state index < -0.39 is 6.16 Å². The maximum atomic E-state index is 12.4. The highest BCUT2D eigenvalue weighted by Crippen LogP contribution is 2.27. The molecule has 27 heavy (non-hydrogen) atoms. The molecule has 0 aliphatic heterocycles. The second-order valence-corrected chi connectivity index (χ2v) is 5.45. The van der Waals surface area contributed by atoms with E-state index >= 15 is 0 Å². The van der Waals surface area contributed by atoms with Gasteiger partial charge in [0.15, 0.2) is 11.5 Å². The molecule has 0 aliphatic rings. The third-order valence-electron chi connectivity index (χ3n) is 3.64. The summed E-state index contributed by atoms with van der Waals surface area (Å²) in [7, 11) is 0. The molecule has 2 N–H and O–H groups in total. The number of carbonyl (C=O) groups is 1. The zero-order valence-corrected chi connectivity index (χ0v) is 13.7. The topological polar surface area (TPSA) is 119 Å². The van der Waals surface area contributed by atoms with E-state index in [2.05, 4.69) is 19.8 Å². The van der Waals surface area contributed by atoms with E-state index in [9.17, 15) is 9.59 Å².